The Bertz CT molecular complexity index is 76.9. The third-order valence-electron chi connectivity index (χ3n) is 0.418. The summed E-state index contributed by atoms with van der Waals surface area (Å²) in [6.07, 6.45) is -1.96. The number of carboxylic acids is 1. The van der Waals surface area contributed by atoms with Gasteiger partial charge in [0.2, 0.25) is 0 Å². The molecule has 0 radical (unpaired) electrons. The molecule has 1 N–H and O–H groups in total. The van der Waals surface area contributed by atoms with Crippen molar-refractivity contribution in [3.8, 4) is 0 Å². The second-order valence-electron chi connectivity index (χ2n) is 0.989. The number of hydrogen-bond donors (Lipinski definition) is 1. The van der Waals surface area contributed by atoms with Gasteiger partial charge in [-0.3, -0.25) is 0 Å². The van der Waals surface area contributed by atoms with Crippen LogP contribution in [0.1, 0.15) is 0 Å². The molecule has 3 nitrogen and oxygen atoms in total. The molecule has 42 valence electrons. The van der Waals surface area contributed by atoms with Crippen molar-refractivity contribution in [2.75, 3.05) is 6.67 Å². The maximum atomic E-state index is 11.0. The summed E-state index contributed by atoms with van der Waals surface area (Å²) < 4.78 is 11.0. The molecule has 0 fully saturated rings. The van der Waals surface area contributed by atoms with Crippen LogP contribution in [-0.4, -0.2) is 23.9 Å². The Hall–Kier alpha value is 0.360. The van der Waals surface area contributed by atoms with Gasteiger partial charge in [-0.25, -0.2) is 4.39 Å². The maximum Gasteiger partial charge on any atom is 1.00 e. The third-order valence-corrected chi connectivity index (χ3v) is 0.418. The van der Waals surface area contributed by atoms with Gasteiger partial charge in [0.15, 0.2) is 0 Å². The molecule has 0 saturated heterocycles. The molecule has 0 aliphatic carbocycles. The van der Waals surface area contributed by atoms with Crippen molar-refractivity contribution in [3.05, 3.63) is 0 Å². The quantitative estimate of drug-likeness (QED) is 0.381. The van der Waals surface area contributed by atoms with Gasteiger partial charge in [-0.1, -0.05) is 0 Å². The van der Waals surface area contributed by atoms with Crippen molar-refractivity contribution in [2.24, 2.45) is 0 Å². The summed E-state index contributed by atoms with van der Waals surface area (Å²) in [6, 6.07) is 0. The molecule has 0 heterocycles. The van der Waals surface area contributed by atoms with E-state index in [0.717, 1.165) is 0 Å². The minimum Gasteiger partial charge on any atom is -0.547 e. The van der Waals surface area contributed by atoms with Crippen LogP contribution in [0.4, 0.5) is 4.39 Å². The Labute approximate surface area is 67.8 Å². The van der Waals surface area contributed by atoms with Gasteiger partial charge in [-0.2, -0.15) is 0 Å². The van der Waals surface area contributed by atoms with Crippen molar-refractivity contribution in [3.63, 3.8) is 0 Å². The molecule has 0 aliphatic heterocycles. The Morgan fingerprint density at radius 1 is 1.88 bits per heavy atom. The molecule has 1 unspecified atom stereocenters. The van der Waals surface area contributed by atoms with Crippen LogP contribution in [0.2, 0.25) is 0 Å². The van der Waals surface area contributed by atoms with E-state index in [9.17, 15) is 14.3 Å². The van der Waals surface area contributed by atoms with Crippen molar-refractivity contribution in [1.29, 1.82) is 0 Å². The summed E-state index contributed by atoms with van der Waals surface area (Å²) in [7, 11) is 0. The fraction of sp³-hybridized carbons (Fsp3) is 0.667. The number of carbonyl (C=O) groups excluding carboxylic acids is 1. The third kappa shape index (κ3) is 4.52. The van der Waals surface area contributed by atoms with Gasteiger partial charge in [0.1, 0.15) is 12.8 Å². The molecule has 8 heavy (non-hydrogen) atoms. The van der Waals surface area contributed by atoms with E-state index in [1.165, 1.54) is 0 Å². The van der Waals surface area contributed by atoms with Crippen molar-refractivity contribution >= 4 is 5.97 Å². The SMILES string of the molecule is O=C([O-])C(O)CF.[Na+]. The van der Waals surface area contributed by atoms with Crippen LogP contribution in [-0.2, 0) is 4.79 Å². The Kier molecular flexibility index (Phi) is 7.69. The van der Waals surface area contributed by atoms with Gasteiger partial charge in [0.05, 0.1) is 5.97 Å². The summed E-state index contributed by atoms with van der Waals surface area (Å²) in [5, 5.41) is 17.2. The zero-order valence-corrected chi connectivity index (χ0v) is 6.43. The van der Waals surface area contributed by atoms with Crippen LogP contribution >= 0.6 is 0 Å². The number of halogens is 1. The molecular weight excluding hydrogens is 126 g/mol. The van der Waals surface area contributed by atoms with Gasteiger partial charge in [0.25, 0.3) is 0 Å². The van der Waals surface area contributed by atoms with Gasteiger partial charge < -0.3 is 15.0 Å². The minimum absolute atomic E-state index is 0. The topological polar surface area (TPSA) is 60.4 Å². The van der Waals surface area contributed by atoms with Crippen molar-refractivity contribution in [2.45, 2.75) is 6.10 Å². The average molecular weight is 130 g/mol. The van der Waals surface area contributed by atoms with E-state index in [2.05, 4.69) is 0 Å². The number of aliphatic hydroxyl groups is 1. The van der Waals surface area contributed by atoms with Gasteiger partial charge in [-0.15, -0.1) is 0 Å². The molecular formula is C3H4FNaO3. The number of aliphatic hydroxyl groups excluding tert-OH is 1. The monoisotopic (exact) mass is 130 g/mol. The van der Waals surface area contributed by atoms with Gasteiger partial charge in [0, 0.05) is 0 Å². The fourth-order valence-electron chi connectivity index (χ4n) is 0.0630. The molecule has 5 heteroatoms. The van der Waals surface area contributed by atoms with Crippen LogP contribution in [0, 0.1) is 0 Å². The first kappa shape index (κ1) is 11.2. The molecule has 0 aromatic carbocycles. The zero-order chi connectivity index (χ0) is 5.86. The normalized spacial score (nSPS) is 11.8. The van der Waals surface area contributed by atoms with E-state index in [1.54, 1.807) is 0 Å². The van der Waals surface area contributed by atoms with E-state index in [-0.39, 0.29) is 29.6 Å². The Morgan fingerprint density at radius 2 is 2.25 bits per heavy atom. The summed E-state index contributed by atoms with van der Waals surface area (Å²) >= 11 is 0. The smallest absolute Gasteiger partial charge is 0.547 e. The van der Waals surface area contributed by atoms with Gasteiger partial charge >= 0.3 is 29.6 Å². The number of hydrogen-bond acceptors (Lipinski definition) is 3. The zero-order valence-electron chi connectivity index (χ0n) is 4.43. The van der Waals surface area contributed by atoms with Crippen molar-refractivity contribution < 1.29 is 49.0 Å². The molecule has 0 amide bonds. The Morgan fingerprint density at radius 3 is 2.25 bits per heavy atom. The average Bonchev–Trinajstić information content (AvgIpc) is 1.65. The number of carboxylic acid groups (broad SMARTS) is 1. The largest absolute Gasteiger partial charge is 1.00 e. The first-order valence-corrected chi connectivity index (χ1v) is 1.63. The van der Waals surface area contributed by atoms with Crippen LogP contribution in [0.25, 0.3) is 0 Å². The summed E-state index contributed by atoms with van der Waals surface area (Å²) in [5.74, 6) is -1.78. The fourth-order valence-corrected chi connectivity index (χ4v) is 0.0630. The second kappa shape index (κ2) is 5.50. The molecule has 0 spiro atoms. The Balaban J connectivity index is 0. The number of aliphatic carboxylic acids is 1. The predicted molar refractivity (Wildman–Crippen MR) is 17.0 cm³/mol. The second-order valence-corrected chi connectivity index (χ2v) is 0.989. The molecule has 0 aromatic heterocycles. The van der Waals surface area contributed by atoms with Crippen molar-refractivity contribution in [1.82, 2.24) is 0 Å². The van der Waals surface area contributed by atoms with Crippen LogP contribution in [0.5, 0.6) is 0 Å². The van der Waals surface area contributed by atoms with Crippen LogP contribution in [0.15, 0.2) is 0 Å². The first-order chi connectivity index (χ1) is 3.18. The van der Waals surface area contributed by atoms with E-state index in [4.69, 9.17) is 5.11 Å². The van der Waals surface area contributed by atoms with Crippen LogP contribution < -0.4 is 34.7 Å². The molecule has 1 atom stereocenters. The summed E-state index contributed by atoms with van der Waals surface area (Å²) in [6.45, 7) is -1.29. The molecule has 0 bridgehead atoms. The summed E-state index contributed by atoms with van der Waals surface area (Å²) in [4.78, 5) is 9.33. The van der Waals surface area contributed by atoms with E-state index >= 15 is 0 Å². The predicted octanol–water partition coefficient (Wildman–Crippen LogP) is -4.93. The molecule has 0 saturated carbocycles. The van der Waals surface area contributed by atoms with E-state index < -0.39 is 18.7 Å². The van der Waals surface area contributed by atoms with E-state index in [0.29, 0.717) is 0 Å². The molecule has 0 aromatic rings. The summed E-state index contributed by atoms with van der Waals surface area (Å²) in [5.41, 5.74) is 0. The van der Waals surface area contributed by atoms with E-state index in [1.807, 2.05) is 0 Å². The van der Waals surface area contributed by atoms with Gasteiger partial charge in [-0.05, 0) is 0 Å². The first-order valence-electron chi connectivity index (χ1n) is 1.63. The molecule has 0 rings (SSSR count). The standard InChI is InChI=1S/C3H5FO3.Na/c4-1-2(5)3(6)7;/h2,5H,1H2,(H,6,7);/q;+1/p-1. The number of alkyl halides is 1. The molecule has 0 aliphatic rings. The maximum absolute atomic E-state index is 11.0. The minimum atomic E-state index is -1.96. The number of carbonyl (C=O) groups is 1. The van der Waals surface area contributed by atoms with Crippen LogP contribution in [0.3, 0.4) is 0 Å². The number of rotatable bonds is 2.